The van der Waals surface area contributed by atoms with Crippen LogP contribution in [0.4, 0.5) is 4.39 Å². The summed E-state index contributed by atoms with van der Waals surface area (Å²) in [6.45, 7) is 1.84. The van der Waals surface area contributed by atoms with E-state index in [0.29, 0.717) is 23.6 Å². The molecule has 0 spiro atoms. The normalized spacial score (nSPS) is 16.4. The number of fused-ring (bicyclic) bond motifs is 1. The first-order chi connectivity index (χ1) is 12.1. The number of nitrogens with zero attached hydrogens (tertiary/aromatic N) is 1. The van der Waals surface area contributed by atoms with E-state index in [4.69, 9.17) is 9.47 Å². The van der Waals surface area contributed by atoms with Crippen LogP contribution in [-0.2, 0) is 4.79 Å². The number of hydrazone groups is 1. The third-order valence-electron chi connectivity index (χ3n) is 3.71. The van der Waals surface area contributed by atoms with Gasteiger partial charge in [0.2, 0.25) is 6.10 Å². The number of hydrogen-bond donors (Lipinski definition) is 2. The van der Waals surface area contributed by atoms with Gasteiger partial charge in [-0.05, 0) is 36.8 Å². The van der Waals surface area contributed by atoms with Crippen molar-refractivity contribution in [2.24, 2.45) is 5.10 Å². The Morgan fingerprint density at radius 1 is 1.32 bits per heavy atom. The van der Waals surface area contributed by atoms with Gasteiger partial charge in [0.15, 0.2) is 11.5 Å². The average Bonchev–Trinajstić information content (AvgIpc) is 2.64. The third kappa shape index (κ3) is 3.71. The Hall–Kier alpha value is -3.09. The molecule has 2 N–H and O–H groups in total. The molecule has 1 heterocycles. The minimum absolute atomic E-state index is 0.0606. The smallest absolute Gasteiger partial charge is 0.284 e. The second-order valence-electron chi connectivity index (χ2n) is 5.41. The second-order valence-corrected chi connectivity index (χ2v) is 5.41. The lowest BCUT2D eigenvalue weighted by Gasteiger charge is -2.24. The lowest BCUT2D eigenvalue weighted by molar-refractivity contribution is -0.130. The van der Waals surface area contributed by atoms with Crippen molar-refractivity contribution in [2.75, 3.05) is 6.61 Å². The highest BCUT2D eigenvalue weighted by Gasteiger charge is 2.27. The Bertz CT molecular complexity index is 822. The molecule has 1 amide bonds. The lowest BCUT2D eigenvalue weighted by atomic mass is 10.1. The molecule has 0 fully saturated rings. The number of carbonyl (C=O) groups is 1. The topological polar surface area (TPSA) is 80.2 Å². The molecular formula is C18H17FN2O4. The fourth-order valence-electron chi connectivity index (χ4n) is 2.41. The number of halogens is 1. The average molecular weight is 344 g/mol. The van der Waals surface area contributed by atoms with Crippen molar-refractivity contribution in [1.29, 1.82) is 0 Å². The number of phenolic OH excluding ortho intramolecular Hbond substituents is 1. The zero-order valence-corrected chi connectivity index (χ0v) is 13.5. The van der Waals surface area contributed by atoms with Gasteiger partial charge in [-0.2, -0.15) is 5.10 Å². The minimum Gasteiger partial charge on any atom is -0.507 e. The van der Waals surface area contributed by atoms with Crippen molar-refractivity contribution in [3.8, 4) is 17.2 Å². The number of nitrogens with one attached hydrogen (secondary N) is 1. The molecule has 2 aromatic rings. The van der Waals surface area contributed by atoms with Crippen LogP contribution in [0.25, 0.3) is 0 Å². The van der Waals surface area contributed by atoms with E-state index in [1.165, 1.54) is 12.1 Å². The van der Waals surface area contributed by atoms with Crippen LogP contribution in [-0.4, -0.2) is 29.4 Å². The van der Waals surface area contributed by atoms with Gasteiger partial charge in [-0.3, -0.25) is 4.79 Å². The molecule has 3 rings (SSSR count). The van der Waals surface area contributed by atoms with Gasteiger partial charge in [-0.1, -0.05) is 19.1 Å². The maximum Gasteiger partial charge on any atom is 0.284 e. The second kappa shape index (κ2) is 7.21. The van der Waals surface area contributed by atoms with Crippen LogP contribution < -0.4 is 14.9 Å². The third-order valence-corrected chi connectivity index (χ3v) is 3.71. The summed E-state index contributed by atoms with van der Waals surface area (Å²) in [5.74, 6) is -0.0370. The molecule has 7 heteroatoms. The van der Waals surface area contributed by atoms with Gasteiger partial charge in [0.05, 0.1) is 5.71 Å². The van der Waals surface area contributed by atoms with Crippen LogP contribution in [0.3, 0.4) is 0 Å². The van der Waals surface area contributed by atoms with E-state index in [2.05, 4.69) is 10.5 Å². The summed E-state index contributed by atoms with van der Waals surface area (Å²) in [7, 11) is 0. The SMILES string of the molecule is CC/C(=N\NC(=O)[C@H]1COc2ccccc2O1)c1cc(F)ccc1O. The number of aromatic hydroxyl groups is 1. The molecule has 25 heavy (non-hydrogen) atoms. The van der Waals surface area contributed by atoms with Gasteiger partial charge in [0, 0.05) is 5.56 Å². The van der Waals surface area contributed by atoms with Crippen LogP contribution in [0.5, 0.6) is 17.2 Å². The van der Waals surface area contributed by atoms with Gasteiger partial charge in [-0.25, -0.2) is 9.82 Å². The van der Waals surface area contributed by atoms with Crippen molar-refractivity contribution in [2.45, 2.75) is 19.4 Å². The molecule has 0 unspecified atom stereocenters. The molecule has 130 valence electrons. The first-order valence-corrected chi connectivity index (χ1v) is 7.82. The van der Waals surface area contributed by atoms with Gasteiger partial charge in [-0.15, -0.1) is 0 Å². The largest absolute Gasteiger partial charge is 0.507 e. The number of rotatable bonds is 4. The van der Waals surface area contributed by atoms with E-state index in [-0.39, 0.29) is 17.9 Å². The summed E-state index contributed by atoms with van der Waals surface area (Å²) in [6.07, 6.45) is -0.458. The van der Waals surface area contributed by atoms with E-state index >= 15 is 0 Å². The molecule has 0 radical (unpaired) electrons. The highest BCUT2D eigenvalue weighted by Crippen LogP contribution is 2.30. The standard InChI is InChI=1S/C18H17FN2O4/c1-2-13(12-9-11(19)7-8-14(12)22)20-21-18(23)17-10-24-15-5-3-4-6-16(15)25-17/h3-9,17,22H,2,10H2,1H3,(H,21,23)/b20-13+/t17-/m1/s1. The molecule has 1 aliphatic rings. The van der Waals surface area contributed by atoms with Crippen LogP contribution in [0, 0.1) is 5.82 Å². The number of ether oxygens (including phenoxy) is 2. The number of phenols is 1. The number of amides is 1. The van der Waals surface area contributed by atoms with Crippen LogP contribution in [0.15, 0.2) is 47.6 Å². The first-order valence-electron chi connectivity index (χ1n) is 7.82. The van der Waals surface area contributed by atoms with Crippen molar-refractivity contribution in [3.63, 3.8) is 0 Å². The van der Waals surface area contributed by atoms with Gasteiger partial charge in [0.25, 0.3) is 5.91 Å². The van der Waals surface area contributed by atoms with Gasteiger partial charge < -0.3 is 14.6 Å². The van der Waals surface area contributed by atoms with Crippen molar-refractivity contribution in [3.05, 3.63) is 53.8 Å². The van der Waals surface area contributed by atoms with Gasteiger partial charge in [0.1, 0.15) is 18.2 Å². The summed E-state index contributed by atoms with van der Waals surface area (Å²) in [5.41, 5.74) is 2.97. The Labute approximate surface area is 143 Å². The summed E-state index contributed by atoms with van der Waals surface area (Å²) in [4.78, 5) is 12.3. The van der Waals surface area contributed by atoms with Crippen LogP contribution >= 0.6 is 0 Å². The maximum atomic E-state index is 13.4. The summed E-state index contributed by atoms with van der Waals surface area (Å²) >= 11 is 0. The Morgan fingerprint density at radius 3 is 2.84 bits per heavy atom. The molecule has 2 aromatic carbocycles. The summed E-state index contributed by atoms with van der Waals surface area (Å²) < 4.78 is 24.5. The van der Waals surface area contributed by atoms with Crippen molar-refractivity contribution >= 4 is 11.6 Å². The molecule has 1 atom stereocenters. The Balaban J connectivity index is 1.72. The summed E-state index contributed by atoms with van der Waals surface area (Å²) in [5, 5.41) is 13.9. The van der Waals surface area contributed by atoms with Crippen LogP contribution in [0.1, 0.15) is 18.9 Å². The molecule has 0 saturated heterocycles. The molecular weight excluding hydrogens is 327 g/mol. The van der Waals surface area contributed by atoms with E-state index in [1.54, 1.807) is 25.1 Å². The van der Waals surface area contributed by atoms with E-state index in [1.807, 2.05) is 6.07 Å². The first kappa shape index (κ1) is 16.8. The zero-order valence-electron chi connectivity index (χ0n) is 13.5. The fraction of sp³-hybridized carbons (Fsp3) is 0.222. The summed E-state index contributed by atoms with van der Waals surface area (Å²) in [6, 6.07) is 10.6. The quantitative estimate of drug-likeness (QED) is 0.660. The highest BCUT2D eigenvalue weighted by molar-refractivity contribution is 6.03. The van der Waals surface area contributed by atoms with E-state index in [9.17, 15) is 14.3 Å². The lowest BCUT2D eigenvalue weighted by Crippen LogP contribution is -2.42. The fourth-order valence-corrected chi connectivity index (χ4v) is 2.41. The Morgan fingerprint density at radius 2 is 2.08 bits per heavy atom. The maximum absolute atomic E-state index is 13.4. The Kier molecular flexibility index (Phi) is 4.83. The predicted octanol–water partition coefficient (Wildman–Crippen LogP) is 2.60. The van der Waals surface area contributed by atoms with Crippen molar-refractivity contribution in [1.82, 2.24) is 5.43 Å². The number of benzene rings is 2. The molecule has 1 aliphatic heterocycles. The molecule has 0 aliphatic carbocycles. The van der Waals surface area contributed by atoms with E-state index in [0.717, 1.165) is 6.07 Å². The number of carbonyl (C=O) groups excluding carboxylic acids is 1. The molecule has 6 nitrogen and oxygen atoms in total. The number of para-hydroxylation sites is 2. The zero-order chi connectivity index (χ0) is 17.8. The predicted molar refractivity (Wildman–Crippen MR) is 89.4 cm³/mol. The molecule has 0 saturated carbocycles. The molecule has 0 aromatic heterocycles. The highest BCUT2D eigenvalue weighted by atomic mass is 19.1. The van der Waals surface area contributed by atoms with Gasteiger partial charge >= 0.3 is 0 Å². The monoisotopic (exact) mass is 344 g/mol. The number of hydrogen-bond acceptors (Lipinski definition) is 5. The molecule has 0 bridgehead atoms. The minimum atomic E-state index is -0.849. The van der Waals surface area contributed by atoms with Crippen LogP contribution in [0.2, 0.25) is 0 Å². The van der Waals surface area contributed by atoms with E-state index < -0.39 is 17.8 Å². The van der Waals surface area contributed by atoms with Crippen molar-refractivity contribution < 1.29 is 23.8 Å².